The third kappa shape index (κ3) is 1.17. The van der Waals surface area contributed by atoms with Crippen LogP contribution >= 0.6 is 0 Å². The summed E-state index contributed by atoms with van der Waals surface area (Å²) in [5, 5.41) is 3.54. The van der Waals surface area contributed by atoms with E-state index in [0.717, 1.165) is 0 Å². The van der Waals surface area contributed by atoms with Crippen LogP contribution in [0, 0.1) is 0 Å². The van der Waals surface area contributed by atoms with Crippen molar-refractivity contribution < 1.29 is 0 Å². The number of fused-ring (bicyclic) bond motifs is 1. The highest BCUT2D eigenvalue weighted by Gasteiger charge is 2.19. The maximum Gasteiger partial charge on any atom is 0.0701 e. The lowest BCUT2D eigenvalue weighted by molar-refractivity contribution is 0.732. The second kappa shape index (κ2) is 3.02. The molecule has 0 spiro atoms. The Morgan fingerprint density at radius 1 is 1.21 bits per heavy atom. The third-order valence-electron chi connectivity index (χ3n) is 2.93. The molecule has 1 heterocycles. The van der Waals surface area contributed by atoms with Crippen LogP contribution in [0.1, 0.15) is 12.8 Å². The van der Waals surface area contributed by atoms with E-state index >= 15 is 0 Å². The van der Waals surface area contributed by atoms with Crippen molar-refractivity contribution in [2.24, 2.45) is 0 Å². The Bertz CT molecular complexity index is 405. The Kier molecular flexibility index (Phi) is 1.69. The number of hydrogen-bond acceptors (Lipinski definition) is 1. The molecule has 14 heavy (non-hydrogen) atoms. The zero-order chi connectivity index (χ0) is 9.38. The van der Waals surface area contributed by atoms with Crippen LogP contribution in [-0.2, 0) is 0 Å². The van der Waals surface area contributed by atoms with Crippen LogP contribution in [-0.4, -0.2) is 6.04 Å². The molecular formula is C13H13N. The molecule has 3 aliphatic rings. The Labute approximate surface area is 84.2 Å². The largest absolute Gasteiger partial charge is 0.375 e. The van der Waals surface area contributed by atoms with Crippen molar-refractivity contribution in [2.45, 2.75) is 18.9 Å². The van der Waals surface area contributed by atoms with Crippen LogP contribution < -0.4 is 5.32 Å². The van der Waals surface area contributed by atoms with Crippen LogP contribution in [0.4, 0.5) is 0 Å². The third-order valence-corrected chi connectivity index (χ3v) is 2.93. The molecule has 0 aromatic carbocycles. The Morgan fingerprint density at radius 3 is 3.21 bits per heavy atom. The van der Waals surface area contributed by atoms with E-state index in [9.17, 15) is 0 Å². The summed E-state index contributed by atoms with van der Waals surface area (Å²) in [7, 11) is 0. The van der Waals surface area contributed by atoms with E-state index in [-0.39, 0.29) is 0 Å². The summed E-state index contributed by atoms with van der Waals surface area (Å²) in [4.78, 5) is 0. The van der Waals surface area contributed by atoms with E-state index < -0.39 is 0 Å². The summed E-state index contributed by atoms with van der Waals surface area (Å²) in [5.74, 6) is 0. The molecule has 0 bridgehead atoms. The fourth-order valence-electron chi connectivity index (χ4n) is 2.17. The van der Waals surface area contributed by atoms with Crippen LogP contribution in [0.3, 0.4) is 0 Å². The number of allylic oxidation sites excluding steroid dienone is 6. The minimum absolute atomic E-state index is 0.390. The molecule has 0 aromatic heterocycles. The first-order chi connectivity index (χ1) is 6.93. The average molecular weight is 183 g/mol. The van der Waals surface area contributed by atoms with Crippen LogP contribution in [0.5, 0.6) is 0 Å². The van der Waals surface area contributed by atoms with Crippen LogP contribution in [0.15, 0.2) is 59.4 Å². The summed E-state index contributed by atoms with van der Waals surface area (Å²) in [5.41, 5.74) is 4.16. The van der Waals surface area contributed by atoms with Gasteiger partial charge in [0.25, 0.3) is 0 Å². The number of rotatable bonds is 0. The van der Waals surface area contributed by atoms with E-state index in [1.165, 1.54) is 29.7 Å². The molecular weight excluding hydrogens is 170 g/mol. The molecule has 1 heteroatoms. The molecule has 0 saturated carbocycles. The first kappa shape index (κ1) is 7.86. The SMILES string of the molecule is C1=CC2=CC3=C(C=CCC3)NC2C=C1. The molecule has 70 valence electrons. The molecule has 0 saturated heterocycles. The number of nitrogens with one attached hydrogen (secondary N) is 1. The van der Waals surface area contributed by atoms with E-state index in [2.05, 4.69) is 47.8 Å². The van der Waals surface area contributed by atoms with Crippen molar-refractivity contribution in [2.75, 3.05) is 0 Å². The molecule has 1 N–H and O–H groups in total. The predicted molar refractivity (Wildman–Crippen MR) is 58.7 cm³/mol. The molecule has 0 aromatic rings. The Morgan fingerprint density at radius 2 is 2.21 bits per heavy atom. The lowest BCUT2D eigenvalue weighted by atomic mass is 9.90. The maximum absolute atomic E-state index is 3.54. The summed E-state index contributed by atoms with van der Waals surface area (Å²) in [6.45, 7) is 0. The molecule has 0 amide bonds. The van der Waals surface area contributed by atoms with Crippen molar-refractivity contribution in [1.29, 1.82) is 0 Å². The van der Waals surface area contributed by atoms with Gasteiger partial charge in [-0.2, -0.15) is 0 Å². The first-order valence-corrected chi connectivity index (χ1v) is 5.16. The van der Waals surface area contributed by atoms with Crippen LogP contribution in [0.2, 0.25) is 0 Å². The highest BCUT2D eigenvalue weighted by atomic mass is 14.9. The first-order valence-electron chi connectivity index (χ1n) is 5.16. The maximum atomic E-state index is 3.54. The van der Waals surface area contributed by atoms with Gasteiger partial charge in [0.15, 0.2) is 0 Å². The van der Waals surface area contributed by atoms with E-state index in [4.69, 9.17) is 0 Å². The van der Waals surface area contributed by atoms with Crippen molar-refractivity contribution in [3.8, 4) is 0 Å². The van der Waals surface area contributed by atoms with Gasteiger partial charge in [0.1, 0.15) is 0 Å². The van der Waals surface area contributed by atoms with E-state index in [0.29, 0.717) is 6.04 Å². The second-order valence-electron chi connectivity index (χ2n) is 3.89. The van der Waals surface area contributed by atoms with Gasteiger partial charge < -0.3 is 5.32 Å². The smallest absolute Gasteiger partial charge is 0.0701 e. The fourth-order valence-corrected chi connectivity index (χ4v) is 2.17. The number of dihydropyridines is 1. The summed E-state index contributed by atoms with van der Waals surface area (Å²) < 4.78 is 0. The lowest BCUT2D eigenvalue weighted by Gasteiger charge is -2.28. The van der Waals surface area contributed by atoms with Gasteiger partial charge in [-0.1, -0.05) is 36.5 Å². The zero-order valence-corrected chi connectivity index (χ0v) is 8.03. The van der Waals surface area contributed by atoms with Gasteiger partial charge >= 0.3 is 0 Å². The van der Waals surface area contributed by atoms with E-state index in [1.54, 1.807) is 0 Å². The van der Waals surface area contributed by atoms with E-state index in [1.807, 2.05) is 0 Å². The van der Waals surface area contributed by atoms with Crippen molar-refractivity contribution >= 4 is 0 Å². The molecule has 1 nitrogen and oxygen atoms in total. The minimum Gasteiger partial charge on any atom is -0.375 e. The Hall–Kier alpha value is -1.50. The van der Waals surface area contributed by atoms with Crippen molar-refractivity contribution in [3.05, 3.63) is 59.4 Å². The molecule has 0 fully saturated rings. The van der Waals surface area contributed by atoms with Gasteiger partial charge in [-0.15, -0.1) is 0 Å². The monoisotopic (exact) mass is 183 g/mol. The molecule has 1 aliphatic heterocycles. The Balaban J connectivity index is 2.02. The molecule has 0 radical (unpaired) electrons. The molecule has 1 unspecified atom stereocenters. The topological polar surface area (TPSA) is 12.0 Å². The zero-order valence-electron chi connectivity index (χ0n) is 8.03. The standard InChI is InChI=1S/C13H13N/c1-3-7-12-10(5-1)9-11-6-2-4-8-13(11)14-12/h1,3-5,7-9,12,14H,2,6H2. The molecule has 2 aliphatic carbocycles. The average Bonchev–Trinajstić information content (AvgIpc) is 2.26. The quantitative estimate of drug-likeness (QED) is 0.608. The summed E-state index contributed by atoms with van der Waals surface area (Å²) in [6.07, 6.45) is 17.7. The molecule has 3 rings (SSSR count). The van der Waals surface area contributed by atoms with Gasteiger partial charge in [0.2, 0.25) is 0 Å². The summed E-state index contributed by atoms with van der Waals surface area (Å²) in [6, 6.07) is 0.390. The number of hydrogen-bond donors (Lipinski definition) is 1. The van der Waals surface area contributed by atoms with Gasteiger partial charge in [-0.05, 0) is 30.1 Å². The van der Waals surface area contributed by atoms with Gasteiger partial charge in [-0.3, -0.25) is 0 Å². The van der Waals surface area contributed by atoms with Gasteiger partial charge in [0.05, 0.1) is 6.04 Å². The van der Waals surface area contributed by atoms with Gasteiger partial charge in [-0.25, -0.2) is 0 Å². The highest BCUT2D eigenvalue weighted by Crippen LogP contribution is 2.27. The van der Waals surface area contributed by atoms with Gasteiger partial charge in [0, 0.05) is 5.70 Å². The highest BCUT2D eigenvalue weighted by molar-refractivity contribution is 5.49. The van der Waals surface area contributed by atoms with Crippen molar-refractivity contribution in [1.82, 2.24) is 5.32 Å². The lowest BCUT2D eigenvalue weighted by Crippen LogP contribution is -2.32. The second-order valence-corrected chi connectivity index (χ2v) is 3.89. The minimum atomic E-state index is 0.390. The fraction of sp³-hybridized carbons (Fsp3) is 0.231. The summed E-state index contributed by atoms with van der Waals surface area (Å²) >= 11 is 0. The predicted octanol–water partition coefficient (Wildman–Crippen LogP) is 2.61. The normalized spacial score (nSPS) is 28.0. The van der Waals surface area contributed by atoms with Crippen molar-refractivity contribution in [3.63, 3.8) is 0 Å². The molecule has 1 atom stereocenters. The van der Waals surface area contributed by atoms with Crippen LogP contribution in [0.25, 0.3) is 0 Å².